The van der Waals surface area contributed by atoms with Gasteiger partial charge in [-0.1, -0.05) is 13.8 Å². The molecule has 12 atom stereocenters. The molecule has 2 heterocycles. The minimum atomic E-state index is -0.670. The Morgan fingerprint density at radius 3 is 2.57 bits per heavy atom. The summed E-state index contributed by atoms with van der Waals surface area (Å²) in [6, 6.07) is 0. The van der Waals surface area contributed by atoms with Gasteiger partial charge in [0, 0.05) is 25.0 Å². The van der Waals surface area contributed by atoms with E-state index in [1.807, 2.05) is 6.92 Å². The van der Waals surface area contributed by atoms with Crippen molar-refractivity contribution in [2.24, 2.45) is 34.5 Å². The van der Waals surface area contributed by atoms with Gasteiger partial charge in [0.2, 0.25) is 0 Å². The molecule has 0 radical (unpaired) electrons. The fourth-order valence-electron chi connectivity index (χ4n) is 10.0. The van der Waals surface area contributed by atoms with Crippen LogP contribution in [0.2, 0.25) is 0 Å². The Morgan fingerprint density at radius 2 is 1.84 bits per heavy atom. The molecule has 5 fully saturated rings. The minimum Gasteiger partial charge on any atom is -0.458 e. The zero-order valence-corrected chi connectivity index (χ0v) is 23.0. The molecule has 4 aliphatic carbocycles. The van der Waals surface area contributed by atoms with E-state index in [0.717, 1.165) is 63.4 Å². The fourth-order valence-corrected chi connectivity index (χ4v) is 10.0. The number of fused-ring (bicyclic) bond motifs is 5. The summed E-state index contributed by atoms with van der Waals surface area (Å²) in [4.78, 5) is 11.8. The molecule has 7 nitrogen and oxygen atoms in total. The molecule has 37 heavy (non-hydrogen) atoms. The van der Waals surface area contributed by atoms with Crippen LogP contribution in [0.1, 0.15) is 85.0 Å². The van der Waals surface area contributed by atoms with Crippen molar-refractivity contribution in [3.05, 3.63) is 11.6 Å². The summed E-state index contributed by atoms with van der Waals surface area (Å²) >= 11 is 0. The van der Waals surface area contributed by atoms with Crippen molar-refractivity contribution in [3.63, 3.8) is 0 Å². The molecule has 0 aromatic rings. The molecule has 6 rings (SSSR count). The van der Waals surface area contributed by atoms with E-state index in [1.165, 1.54) is 0 Å². The maximum Gasteiger partial charge on any atom is 0.331 e. The van der Waals surface area contributed by atoms with Gasteiger partial charge in [-0.15, -0.1) is 0 Å². The molecule has 2 N–H and O–H groups in total. The van der Waals surface area contributed by atoms with E-state index in [-0.39, 0.29) is 47.3 Å². The molecule has 0 aromatic carbocycles. The van der Waals surface area contributed by atoms with Crippen LogP contribution in [0.25, 0.3) is 0 Å². The lowest BCUT2D eigenvalue weighted by molar-refractivity contribution is -0.273. The number of carbonyl (C=O) groups is 1. The third kappa shape index (κ3) is 3.97. The van der Waals surface area contributed by atoms with Crippen LogP contribution >= 0.6 is 0 Å². The van der Waals surface area contributed by atoms with Crippen LogP contribution in [0, 0.1) is 34.5 Å². The zero-order chi connectivity index (χ0) is 26.2. The number of ether oxygens (including phenoxy) is 4. The molecule has 1 saturated heterocycles. The highest BCUT2D eigenvalue weighted by Gasteiger charge is 2.67. The number of rotatable bonds is 4. The van der Waals surface area contributed by atoms with Gasteiger partial charge in [-0.25, -0.2) is 4.79 Å². The first-order valence-electron chi connectivity index (χ1n) is 14.7. The van der Waals surface area contributed by atoms with Gasteiger partial charge in [0.1, 0.15) is 12.7 Å². The number of hydrogen-bond acceptors (Lipinski definition) is 7. The lowest BCUT2D eigenvalue weighted by Crippen LogP contribution is -2.62. The monoisotopic (exact) mass is 518 g/mol. The van der Waals surface area contributed by atoms with Gasteiger partial charge < -0.3 is 29.2 Å². The van der Waals surface area contributed by atoms with E-state index < -0.39 is 11.7 Å². The highest BCUT2D eigenvalue weighted by molar-refractivity contribution is 5.85. The number of cyclic esters (lactones) is 1. The van der Waals surface area contributed by atoms with Crippen molar-refractivity contribution in [2.45, 2.75) is 121 Å². The summed E-state index contributed by atoms with van der Waals surface area (Å²) in [5.74, 6) is 1.45. The molecule has 6 aliphatic rings. The van der Waals surface area contributed by atoms with Crippen molar-refractivity contribution in [1.29, 1.82) is 0 Å². The standard InChI is InChI=1S/C30H46O7/c1-17-27(32)24(34-4)15-26(36-17)37-20-7-10-28(2)19(14-20)5-6-23-22(28)8-11-29(3)21(9-12-30(23,29)33)18-13-25(31)35-16-18/h13,17,19-24,26-27,32-33H,5-12,14-16H2,1-4H3/t17-,19?,20+,21?,22?,23?,24+,26+,27+,28?,29?,30+/m1/s1. The second-order valence-electron chi connectivity index (χ2n) is 13.6. The Bertz CT molecular complexity index is 935. The third-order valence-electron chi connectivity index (χ3n) is 12.2. The topological polar surface area (TPSA) is 94.5 Å². The normalized spacial score (nSPS) is 53.6. The highest BCUT2D eigenvalue weighted by Crippen LogP contribution is 2.70. The maximum absolute atomic E-state index is 12.4. The first-order valence-corrected chi connectivity index (χ1v) is 14.7. The van der Waals surface area contributed by atoms with E-state index in [9.17, 15) is 15.0 Å². The van der Waals surface area contributed by atoms with Crippen molar-refractivity contribution >= 4 is 5.97 Å². The first kappa shape index (κ1) is 26.2. The van der Waals surface area contributed by atoms with Gasteiger partial charge >= 0.3 is 5.97 Å². The smallest absolute Gasteiger partial charge is 0.331 e. The van der Waals surface area contributed by atoms with E-state index in [4.69, 9.17) is 18.9 Å². The summed E-state index contributed by atoms with van der Waals surface area (Å²) in [7, 11) is 1.64. The fraction of sp³-hybridized carbons (Fsp3) is 0.900. The first-order chi connectivity index (χ1) is 17.6. The van der Waals surface area contributed by atoms with Crippen LogP contribution < -0.4 is 0 Å². The van der Waals surface area contributed by atoms with Crippen LogP contribution in [0.15, 0.2) is 11.6 Å². The molecule has 0 aromatic heterocycles. The predicted octanol–water partition coefficient (Wildman–Crippen LogP) is 4.14. The van der Waals surface area contributed by atoms with Crippen molar-refractivity contribution in [3.8, 4) is 0 Å². The molecular formula is C30H46O7. The quantitative estimate of drug-likeness (QED) is 0.427. The SMILES string of the molecule is CO[C@H]1C[C@H](O[C@H]2CCC3(C)C(CCC4C3CCC3(C)C(C5=CC(=O)OC5)CC[C@]43O)C2)O[C@H](C)[C@@H]1O. The second-order valence-corrected chi connectivity index (χ2v) is 13.6. The number of carbonyl (C=O) groups excluding carboxylic acids is 1. The molecule has 4 saturated carbocycles. The highest BCUT2D eigenvalue weighted by atomic mass is 16.7. The van der Waals surface area contributed by atoms with Gasteiger partial charge in [-0.3, -0.25) is 0 Å². The van der Waals surface area contributed by atoms with Gasteiger partial charge in [0.25, 0.3) is 0 Å². The average Bonchev–Trinajstić information content (AvgIpc) is 3.41. The van der Waals surface area contributed by atoms with Crippen molar-refractivity contribution in [1.82, 2.24) is 0 Å². The Balaban J connectivity index is 1.15. The summed E-state index contributed by atoms with van der Waals surface area (Å²) < 4.78 is 23.2. The molecule has 0 spiro atoms. The number of aliphatic hydroxyl groups excluding tert-OH is 1. The predicted molar refractivity (Wildman–Crippen MR) is 136 cm³/mol. The Hall–Kier alpha value is -0.990. The van der Waals surface area contributed by atoms with E-state index in [2.05, 4.69) is 13.8 Å². The van der Waals surface area contributed by atoms with Crippen LogP contribution in [0.3, 0.4) is 0 Å². The Labute approximate surface area is 221 Å². The van der Waals surface area contributed by atoms with Gasteiger partial charge in [0.15, 0.2) is 6.29 Å². The Morgan fingerprint density at radius 1 is 1.03 bits per heavy atom. The number of aliphatic hydroxyl groups is 2. The van der Waals surface area contributed by atoms with Crippen molar-refractivity contribution < 1.29 is 34.0 Å². The van der Waals surface area contributed by atoms with Gasteiger partial charge in [0.05, 0.1) is 23.9 Å². The van der Waals surface area contributed by atoms with E-state index >= 15 is 0 Å². The summed E-state index contributed by atoms with van der Waals surface area (Å²) in [6.45, 7) is 7.07. The van der Waals surface area contributed by atoms with E-state index in [0.29, 0.717) is 30.8 Å². The number of hydrogen-bond donors (Lipinski definition) is 2. The summed E-state index contributed by atoms with van der Waals surface area (Å²) in [5, 5.41) is 22.7. The van der Waals surface area contributed by atoms with Gasteiger partial charge in [-0.2, -0.15) is 0 Å². The van der Waals surface area contributed by atoms with Crippen molar-refractivity contribution in [2.75, 3.05) is 13.7 Å². The summed E-state index contributed by atoms with van der Waals surface area (Å²) in [6.07, 6.45) is 10.2. The molecule has 7 heteroatoms. The van der Waals surface area contributed by atoms with Crippen LogP contribution in [-0.2, 0) is 23.7 Å². The molecule has 0 amide bonds. The second kappa shape index (κ2) is 9.29. The maximum atomic E-state index is 12.4. The summed E-state index contributed by atoms with van der Waals surface area (Å²) in [5.41, 5.74) is 0.461. The number of esters is 1. The average molecular weight is 519 g/mol. The molecular weight excluding hydrogens is 472 g/mol. The van der Waals surface area contributed by atoms with Crippen LogP contribution in [-0.4, -0.2) is 66.2 Å². The largest absolute Gasteiger partial charge is 0.458 e. The van der Waals surface area contributed by atoms with E-state index in [1.54, 1.807) is 13.2 Å². The molecule has 0 bridgehead atoms. The molecule has 6 unspecified atom stereocenters. The Kier molecular flexibility index (Phi) is 6.59. The zero-order valence-electron chi connectivity index (χ0n) is 23.0. The molecule has 208 valence electrons. The number of methoxy groups -OCH3 is 1. The lowest BCUT2D eigenvalue weighted by atomic mass is 9.43. The van der Waals surface area contributed by atoms with Crippen LogP contribution in [0.5, 0.6) is 0 Å². The van der Waals surface area contributed by atoms with Gasteiger partial charge in [-0.05, 0) is 99.4 Å². The molecule has 2 aliphatic heterocycles. The third-order valence-corrected chi connectivity index (χ3v) is 12.2. The van der Waals surface area contributed by atoms with Crippen LogP contribution in [0.4, 0.5) is 0 Å². The minimum absolute atomic E-state index is 0.166. The lowest BCUT2D eigenvalue weighted by Gasteiger charge is -2.64.